The number of aromatic nitrogens is 2. The molecule has 1 aromatic heterocycles. The number of benzene rings is 1. The molecule has 1 aliphatic carbocycles. The lowest BCUT2D eigenvalue weighted by Gasteiger charge is -2.24. The third-order valence-corrected chi connectivity index (χ3v) is 4.83. The van der Waals surface area contributed by atoms with Crippen molar-refractivity contribution in [3.63, 3.8) is 0 Å². The highest BCUT2D eigenvalue weighted by molar-refractivity contribution is 7.09. The Balaban J connectivity index is 1.65. The molecule has 0 aliphatic heterocycles. The number of halogens is 1. The number of anilines is 1. The van der Waals surface area contributed by atoms with Gasteiger partial charge in [0.2, 0.25) is 5.13 Å². The molecule has 1 unspecified atom stereocenters. The number of hydrogen-bond acceptors (Lipinski definition) is 6. The minimum Gasteiger partial charge on any atom is -0.387 e. The van der Waals surface area contributed by atoms with Crippen molar-refractivity contribution in [2.75, 3.05) is 25.5 Å². The Bertz CT molecular complexity index is 642. The summed E-state index contributed by atoms with van der Waals surface area (Å²) in [6, 6.07) is 6.51. The second-order valence-corrected chi connectivity index (χ2v) is 6.85. The molecule has 1 aromatic carbocycles. The molecule has 5 nitrogen and oxygen atoms in total. The zero-order chi connectivity index (χ0) is 16.4. The quantitative estimate of drug-likeness (QED) is 0.842. The molecule has 1 saturated carbocycles. The molecule has 0 saturated heterocycles. The Labute approximate surface area is 139 Å². The summed E-state index contributed by atoms with van der Waals surface area (Å²) >= 11 is 1.38. The van der Waals surface area contributed by atoms with E-state index < -0.39 is 6.10 Å². The summed E-state index contributed by atoms with van der Waals surface area (Å²) < 4.78 is 17.4. The van der Waals surface area contributed by atoms with E-state index in [1.54, 1.807) is 12.1 Å². The molecule has 7 heteroatoms. The van der Waals surface area contributed by atoms with Crippen LogP contribution in [0.5, 0.6) is 0 Å². The molecule has 1 fully saturated rings. The first-order valence-electron chi connectivity index (χ1n) is 7.70. The van der Waals surface area contributed by atoms with Crippen molar-refractivity contribution in [2.45, 2.75) is 31.5 Å². The van der Waals surface area contributed by atoms with Gasteiger partial charge in [-0.25, -0.2) is 9.37 Å². The van der Waals surface area contributed by atoms with Gasteiger partial charge >= 0.3 is 0 Å². The van der Waals surface area contributed by atoms with Crippen LogP contribution in [0.25, 0.3) is 0 Å². The molecule has 23 heavy (non-hydrogen) atoms. The van der Waals surface area contributed by atoms with Crippen LogP contribution in [0.2, 0.25) is 0 Å². The van der Waals surface area contributed by atoms with Crippen molar-refractivity contribution >= 4 is 16.7 Å². The largest absolute Gasteiger partial charge is 0.387 e. The topological polar surface area (TPSA) is 52.5 Å². The first-order chi connectivity index (χ1) is 11.0. The third-order valence-electron chi connectivity index (χ3n) is 3.91. The lowest BCUT2D eigenvalue weighted by Crippen LogP contribution is -2.30. The highest BCUT2D eigenvalue weighted by Gasteiger charge is 2.31. The van der Waals surface area contributed by atoms with Gasteiger partial charge in [0.25, 0.3) is 0 Å². The Morgan fingerprint density at radius 1 is 1.30 bits per heavy atom. The minimum absolute atomic E-state index is 0.289. The van der Waals surface area contributed by atoms with Gasteiger partial charge < -0.3 is 10.0 Å². The summed E-state index contributed by atoms with van der Waals surface area (Å²) in [6.45, 7) is 1.14. The Hall–Kier alpha value is -1.57. The molecule has 1 N–H and O–H groups in total. The van der Waals surface area contributed by atoms with Gasteiger partial charge in [0, 0.05) is 38.2 Å². The average molecular weight is 336 g/mol. The lowest BCUT2D eigenvalue weighted by atomic mass is 10.1. The molecule has 3 rings (SSSR count). The lowest BCUT2D eigenvalue weighted by molar-refractivity contribution is 0.103. The van der Waals surface area contributed by atoms with E-state index in [0.29, 0.717) is 19.1 Å². The maximum Gasteiger partial charge on any atom is 0.204 e. The number of aliphatic hydroxyl groups excluding tert-OH is 1. The average Bonchev–Trinajstić information content (AvgIpc) is 3.26. The van der Waals surface area contributed by atoms with Crippen LogP contribution in [0.4, 0.5) is 9.52 Å². The Morgan fingerprint density at radius 2 is 2.00 bits per heavy atom. The van der Waals surface area contributed by atoms with Gasteiger partial charge in [0.15, 0.2) is 5.82 Å². The van der Waals surface area contributed by atoms with Gasteiger partial charge in [-0.3, -0.25) is 4.90 Å². The highest BCUT2D eigenvalue weighted by atomic mass is 32.1. The first-order valence-corrected chi connectivity index (χ1v) is 8.48. The molecule has 0 bridgehead atoms. The smallest absolute Gasteiger partial charge is 0.204 e. The normalized spacial score (nSPS) is 15.9. The zero-order valence-electron chi connectivity index (χ0n) is 13.3. The second kappa shape index (κ2) is 6.90. The molecule has 1 atom stereocenters. The summed E-state index contributed by atoms with van der Waals surface area (Å²) in [5, 5.41) is 11.3. The van der Waals surface area contributed by atoms with Crippen molar-refractivity contribution in [2.24, 2.45) is 0 Å². The number of rotatable bonds is 7. The van der Waals surface area contributed by atoms with Crippen LogP contribution in [0.15, 0.2) is 24.3 Å². The minimum atomic E-state index is -0.636. The fourth-order valence-corrected chi connectivity index (χ4v) is 3.06. The van der Waals surface area contributed by atoms with Crippen LogP contribution in [0.3, 0.4) is 0 Å². The van der Waals surface area contributed by atoms with E-state index in [-0.39, 0.29) is 5.82 Å². The number of aliphatic hydroxyl groups is 1. The van der Waals surface area contributed by atoms with E-state index in [1.807, 2.05) is 19.0 Å². The van der Waals surface area contributed by atoms with Crippen LogP contribution in [0.1, 0.15) is 30.3 Å². The monoisotopic (exact) mass is 336 g/mol. The Kier molecular flexibility index (Phi) is 4.89. The fourth-order valence-electron chi connectivity index (χ4n) is 2.47. The first kappa shape index (κ1) is 16.3. The SMILES string of the molecule is CN(C)c1nc(CN(CC(O)c2ccc(F)cc2)C2CC2)ns1. The molecule has 0 radical (unpaired) electrons. The van der Waals surface area contributed by atoms with Gasteiger partial charge in [-0.2, -0.15) is 4.37 Å². The van der Waals surface area contributed by atoms with Crippen molar-refractivity contribution < 1.29 is 9.50 Å². The highest BCUT2D eigenvalue weighted by Crippen LogP contribution is 2.30. The van der Waals surface area contributed by atoms with E-state index in [4.69, 9.17) is 0 Å². The predicted molar refractivity (Wildman–Crippen MR) is 89.0 cm³/mol. The number of hydrogen-bond donors (Lipinski definition) is 1. The second-order valence-electron chi connectivity index (χ2n) is 6.12. The predicted octanol–water partition coefficient (Wildman–Crippen LogP) is 2.44. The summed E-state index contributed by atoms with van der Waals surface area (Å²) in [7, 11) is 3.89. The molecule has 0 amide bonds. The molecule has 124 valence electrons. The van der Waals surface area contributed by atoms with Gasteiger partial charge in [0.05, 0.1) is 12.6 Å². The van der Waals surface area contributed by atoms with Gasteiger partial charge in [-0.05, 0) is 30.5 Å². The van der Waals surface area contributed by atoms with Crippen LogP contribution in [-0.2, 0) is 6.54 Å². The maximum absolute atomic E-state index is 13.0. The van der Waals surface area contributed by atoms with Crippen LogP contribution < -0.4 is 4.90 Å². The van der Waals surface area contributed by atoms with Crippen molar-refractivity contribution in [3.8, 4) is 0 Å². The van der Waals surface area contributed by atoms with Gasteiger partial charge in [0.1, 0.15) is 5.82 Å². The van der Waals surface area contributed by atoms with Crippen molar-refractivity contribution in [1.29, 1.82) is 0 Å². The molecule has 0 spiro atoms. The van der Waals surface area contributed by atoms with Crippen molar-refractivity contribution in [1.82, 2.24) is 14.3 Å². The summed E-state index contributed by atoms with van der Waals surface area (Å²) in [6.07, 6.45) is 1.64. The van der Waals surface area contributed by atoms with Crippen LogP contribution >= 0.6 is 11.5 Å². The van der Waals surface area contributed by atoms with E-state index in [1.165, 1.54) is 23.7 Å². The standard InChI is InChI=1S/C16H21FN4OS/c1-20(2)16-18-15(19-23-16)10-21(13-7-8-13)9-14(22)11-3-5-12(17)6-4-11/h3-6,13-14,22H,7-10H2,1-2H3. The van der Waals surface area contributed by atoms with E-state index >= 15 is 0 Å². The molecular weight excluding hydrogens is 315 g/mol. The van der Waals surface area contributed by atoms with Crippen molar-refractivity contribution in [3.05, 3.63) is 41.5 Å². The number of nitrogens with zero attached hydrogens (tertiary/aromatic N) is 4. The maximum atomic E-state index is 13.0. The molecular formula is C16H21FN4OS. The van der Waals surface area contributed by atoms with E-state index in [0.717, 1.165) is 29.4 Å². The van der Waals surface area contributed by atoms with E-state index in [9.17, 15) is 9.50 Å². The van der Waals surface area contributed by atoms with Crippen LogP contribution in [-0.4, -0.2) is 46.0 Å². The van der Waals surface area contributed by atoms with Crippen LogP contribution in [0, 0.1) is 5.82 Å². The molecule has 1 aliphatic rings. The summed E-state index contributed by atoms with van der Waals surface area (Å²) in [4.78, 5) is 8.67. The zero-order valence-corrected chi connectivity index (χ0v) is 14.1. The summed E-state index contributed by atoms with van der Waals surface area (Å²) in [5.74, 6) is 0.500. The third kappa shape index (κ3) is 4.25. The Morgan fingerprint density at radius 3 is 2.57 bits per heavy atom. The molecule has 1 heterocycles. The van der Waals surface area contributed by atoms with E-state index in [2.05, 4.69) is 14.3 Å². The molecule has 2 aromatic rings. The summed E-state index contributed by atoms with van der Waals surface area (Å²) in [5.41, 5.74) is 0.734. The van der Waals surface area contributed by atoms with Gasteiger partial charge in [-0.1, -0.05) is 12.1 Å². The fraction of sp³-hybridized carbons (Fsp3) is 0.500. The van der Waals surface area contributed by atoms with Gasteiger partial charge in [-0.15, -0.1) is 0 Å².